The standard InChI is InChI=1S/C16H18N2O3/c1-20-13-8-4-2-6-11(13)10-15(19)17-16-12-7-3-5-9-14(12)21-18-16/h2,4,6,8H,3,5,7,9-10H2,1H3,(H,17,18,19). The summed E-state index contributed by atoms with van der Waals surface area (Å²) in [5.41, 5.74) is 1.91. The summed E-state index contributed by atoms with van der Waals surface area (Å²) < 4.78 is 10.6. The molecule has 1 heterocycles. The molecule has 0 unspecified atom stereocenters. The second-order valence-electron chi connectivity index (χ2n) is 5.18. The number of carbonyl (C=O) groups excluding carboxylic acids is 1. The monoisotopic (exact) mass is 286 g/mol. The van der Waals surface area contributed by atoms with Crippen molar-refractivity contribution in [2.75, 3.05) is 12.4 Å². The van der Waals surface area contributed by atoms with Crippen molar-refractivity contribution in [2.24, 2.45) is 0 Å². The summed E-state index contributed by atoms with van der Waals surface area (Å²) in [6, 6.07) is 7.51. The molecule has 1 N–H and O–H groups in total. The molecule has 1 aromatic carbocycles. The van der Waals surface area contributed by atoms with E-state index in [1.54, 1.807) is 7.11 Å². The van der Waals surface area contributed by atoms with Gasteiger partial charge in [0.05, 0.1) is 13.5 Å². The number of methoxy groups -OCH3 is 1. The average molecular weight is 286 g/mol. The Bertz CT molecular complexity index is 649. The molecule has 5 heteroatoms. The SMILES string of the molecule is COc1ccccc1CC(=O)Nc1noc2c1CCCC2. The molecular weight excluding hydrogens is 268 g/mol. The van der Waals surface area contributed by atoms with Crippen LogP contribution in [-0.4, -0.2) is 18.2 Å². The number of hydrogen-bond donors (Lipinski definition) is 1. The van der Waals surface area contributed by atoms with Crippen LogP contribution in [0.5, 0.6) is 5.75 Å². The highest BCUT2D eigenvalue weighted by molar-refractivity contribution is 5.92. The summed E-state index contributed by atoms with van der Waals surface area (Å²) in [5, 5.41) is 6.83. The van der Waals surface area contributed by atoms with Crippen LogP contribution in [0.25, 0.3) is 0 Å². The number of benzene rings is 1. The molecule has 110 valence electrons. The topological polar surface area (TPSA) is 64.4 Å². The Kier molecular flexibility index (Phi) is 3.90. The van der Waals surface area contributed by atoms with Gasteiger partial charge < -0.3 is 14.6 Å². The van der Waals surface area contributed by atoms with E-state index in [-0.39, 0.29) is 12.3 Å². The third-order valence-corrected chi connectivity index (χ3v) is 3.75. The average Bonchev–Trinajstić information content (AvgIpc) is 2.91. The van der Waals surface area contributed by atoms with Gasteiger partial charge in [0.25, 0.3) is 0 Å². The first-order chi connectivity index (χ1) is 10.3. The fourth-order valence-corrected chi connectivity index (χ4v) is 2.68. The van der Waals surface area contributed by atoms with Gasteiger partial charge >= 0.3 is 0 Å². The van der Waals surface area contributed by atoms with E-state index in [9.17, 15) is 4.79 Å². The van der Waals surface area contributed by atoms with Crippen LogP contribution in [0.15, 0.2) is 28.8 Å². The minimum Gasteiger partial charge on any atom is -0.496 e. The number of aromatic nitrogens is 1. The summed E-state index contributed by atoms with van der Waals surface area (Å²) in [4.78, 5) is 12.2. The fraction of sp³-hybridized carbons (Fsp3) is 0.375. The second-order valence-corrected chi connectivity index (χ2v) is 5.18. The lowest BCUT2D eigenvalue weighted by molar-refractivity contribution is -0.115. The number of para-hydroxylation sites is 1. The molecule has 1 aromatic heterocycles. The van der Waals surface area contributed by atoms with Crippen molar-refractivity contribution in [1.29, 1.82) is 0 Å². The van der Waals surface area contributed by atoms with E-state index < -0.39 is 0 Å². The van der Waals surface area contributed by atoms with Crippen molar-refractivity contribution in [2.45, 2.75) is 32.1 Å². The van der Waals surface area contributed by atoms with E-state index in [0.29, 0.717) is 5.82 Å². The molecule has 0 saturated heterocycles. The first-order valence-electron chi connectivity index (χ1n) is 7.17. The van der Waals surface area contributed by atoms with Crippen molar-refractivity contribution in [3.8, 4) is 5.75 Å². The molecule has 5 nitrogen and oxygen atoms in total. The number of nitrogens with one attached hydrogen (secondary N) is 1. The zero-order valence-corrected chi connectivity index (χ0v) is 12.0. The number of hydrogen-bond acceptors (Lipinski definition) is 4. The molecule has 3 rings (SSSR count). The van der Waals surface area contributed by atoms with E-state index in [4.69, 9.17) is 9.26 Å². The van der Waals surface area contributed by atoms with Gasteiger partial charge in [-0.15, -0.1) is 0 Å². The van der Waals surface area contributed by atoms with E-state index in [1.807, 2.05) is 24.3 Å². The number of amides is 1. The van der Waals surface area contributed by atoms with E-state index in [0.717, 1.165) is 48.3 Å². The maximum atomic E-state index is 12.2. The van der Waals surface area contributed by atoms with Crippen molar-refractivity contribution in [3.63, 3.8) is 0 Å². The first kappa shape index (κ1) is 13.7. The molecule has 2 aromatic rings. The van der Waals surface area contributed by atoms with E-state index in [2.05, 4.69) is 10.5 Å². The predicted octanol–water partition coefficient (Wildman–Crippen LogP) is 2.74. The van der Waals surface area contributed by atoms with Crippen LogP contribution in [-0.2, 0) is 24.1 Å². The maximum Gasteiger partial charge on any atom is 0.230 e. The van der Waals surface area contributed by atoms with E-state index in [1.165, 1.54) is 0 Å². The molecule has 1 amide bonds. The molecule has 0 fully saturated rings. The summed E-state index contributed by atoms with van der Waals surface area (Å²) in [6.07, 6.45) is 4.32. The Morgan fingerprint density at radius 1 is 1.33 bits per heavy atom. The molecule has 0 radical (unpaired) electrons. The Hall–Kier alpha value is -2.30. The summed E-state index contributed by atoms with van der Waals surface area (Å²) in [7, 11) is 1.60. The largest absolute Gasteiger partial charge is 0.496 e. The minimum absolute atomic E-state index is 0.110. The van der Waals surface area contributed by atoms with Crippen LogP contribution in [0.2, 0.25) is 0 Å². The normalized spacial score (nSPS) is 13.6. The Morgan fingerprint density at radius 3 is 3.00 bits per heavy atom. The molecular formula is C16H18N2O3. The zero-order valence-electron chi connectivity index (χ0n) is 12.0. The number of rotatable bonds is 4. The van der Waals surface area contributed by atoms with Crippen LogP contribution in [0.4, 0.5) is 5.82 Å². The van der Waals surface area contributed by atoms with Crippen LogP contribution in [0, 0.1) is 0 Å². The van der Waals surface area contributed by atoms with Crippen LogP contribution in [0.3, 0.4) is 0 Å². The summed E-state index contributed by atoms with van der Waals surface area (Å²) in [6.45, 7) is 0. The number of nitrogens with zero attached hydrogens (tertiary/aromatic N) is 1. The Morgan fingerprint density at radius 2 is 2.14 bits per heavy atom. The van der Waals surface area contributed by atoms with Gasteiger partial charge in [-0.05, 0) is 25.3 Å². The van der Waals surface area contributed by atoms with Crippen molar-refractivity contribution >= 4 is 11.7 Å². The quantitative estimate of drug-likeness (QED) is 0.938. The number of aryl methyl sites for hydroxylation is 1. The van der Waals surface area contributed by atoms with Gasteiger partial charge in [0.15, 0.2) is 5.82 Å². The van der Waals surface area contributed by atoms with Crippen LogP contribution in [0.1, 0.15) is 29.7 Å². The Balaban J connectivity index is 1.71. The molecule has 21 heavy (non-hydrogen) atoms. The van der Waals surface area contributed by atoms with Gasteiger partial charge in [-0.3, -0.25) is 4.79 Å². The molecule has 0 saturated carbocycles. The fourth-order valence-electron chi connectivity index (χ4n) is 2.68. The third kappa shape index (κ3) is 2.91. The first-order valence-corrected chi connectivity index (χ1v) is 7.17. The van der Waals surface area contributed by atoms with Crippen LogP contribution < -0.4 is 10.1 Å². The molecule has 0 bridgehead atoms. The predicted molar refractivity (Wildman–Crippen MR) is 78.5 cm³/mol. The minimum atomic E-state index is -0.110. The number of ether oxygens (including phenoxy) is 1. The number of carbonyl (C=O) groups is 1. The van der Waals surface area contributed by atoms with Gasteiger partial charge in [-0.25, -0.2) is 0 Å². The zero-order chi connectivity index (χ0) is 14.7. The molecule has 0 spiro atoms. The lowest BCUT2D eigenvalue weighted by Gasteiger charge is -2.10. The summed E-state index contributed by atoms with van der Waals surface area (Å²) in [5.74, 6) is 2.09. The highest BCUT2D eigenvalue weighted by atomic mass is 16.5. The molecule has 0 atom stereocenters. The van der Waals surface area contributed by atoms with Crippen molar-refractivity contribution in [3.05, 3.63) is 41.2 Å². The summed E-state index contributed by atoms with van der Waals surface area (Å²) >= 11 is 0. The highest BCUT2D eigenvalue weighted by Gasteiger charge is 2.21. The van der Waals surface area contributed by atoms with Crippen molar-refractivity contribution in [1.82, 2.24) is 5.16 Å². The van der Waals surface area contributed by atoms with Gasteiger partial charge in [0.1, 0.15) is 11.5 Å². The lowest BCUT2D eigenvalue weighted by Crippen LogP contribution is -2.16. The molecule has 1 aliphatic rings. The van der Waals surface area contributed by atoms with Gasteiger partial charge in [-0.1, -0.05) is 23.4 Å². The molecule has 0 aliphatic heterocycles. The van der Waals surface area contributed by atoms with E-state index >= 15 is 0 Å². The third-order valence-electron chi connectivity index (χ3n) is 3.75. The lowest BCUT2D eigenvalue weighted by atomic mass is 9.98. The van der Waals surface area contributed by atoms with Gasteiger partial charge in [0.2, 0.25) is 5.91 Å². The number of fused-ring (bicyclic) bond motifs is 1. The smallest absolute Gasteiger partial charge is 0.230 e. The van der Waals surface area contributed by atoms with Gasteiger partial charge in [-0.2, -0.15) is 0 Å². The number of anilines is 1. The highest BCUT2D eigenvalue weighted by Crippen LogP contribution is 2.27. The molecule has 1 aliphatic carbocycles. The maximum absolute atomic E-state index is 12.2. The Labute approximate surface area is 123 Å². The van der Waals surface area contributed by atoms with Crippen molar-refractivity contribution < 1.29 is 14.1 Å². The van der Waals surface area contributed by atoms with Crippen LogP contribution >= 0.6 is 0 Å². The van der Waals surface area contributed by atoms with Gasteiger partial charge in [0, 0.05) is 17.5 Å². The second kappa shape index (κ2) is 5.99.